The number of hydrogen-bond acceptors (Lipinski definition) is 0. The molecule has 0 fully saturated rings. The van der Waals surface area contributed by atoms with Crippen molar-refractivity contribution in [3.63, 3.8) is 0 Å². The molecule has 0 spiro atoms. The fourth-order valence-corrected chi connectivity index (χ4v) is 3.78. The molecule has 0 bridgehead atoms. The number of hydrogen-bond donors (Lipinski definition) is 0. The second kappa shape index (κ2) is 3.34. The van der Waals surface area contributed by atoms with E-state index in [4.69, 9.17) is 0 Å². The maximum atomic E-state index is 2.40. The minimum Gasteiger partial charge on any atom is -0.0759 e. The quantitative estimate of drug-likeness (QED) is 0.494. The van der Waals surface area contributed by atoms with Gasteiger partial charge in [-0.3, -0.25) is 0 Å². The molecule has 12 heavy (non-hydrogen) atoms. The summed E-state index contributed by atoms with van der Waals surface area (Å²) in [6.45, 7) is 13.9. The van der Waals surface area contributed by atoms with E-state index in [1.165, 1.54) is 5.57 Å². The van der Waals surface area contributed by atoms with Gasteiger partial charge in [-0.25, -0.2) is 0 Å². The molecule has 0 aromatic heterocycles. The average molecular weight is 182 g/mol. The highest BCUT2D eigenvalue weighted by atomic mass is 31.1. The summed E-state index contributed by atoms with van der Waals surface area (Å²) in [5.74, 6) is 0. The van der Waals surface area contributed by atoms with E-state index in [2.05, 4.69) is 41.3 Å². The minimum atomic E-state index is 0.102. The molecule has 0 saturated heterocycles. The lowest BCUT2D eigenvalue weighted by atomic mass is 10.0. The highest BCUT2D eigenvalue weighted by Crippen LogP contribution is 2.54. The van der Waals surface area contributed by atoms with Crippen LogP contribution in [0.3, 0.4) is 0 Å². The SMILES string of the molecule is CC1=C(C)C(C)P(C)C(C)=C1C. The summed E-state index contributed by atoms with van der Waals surface area (Å²) in [5, 5.41) is 1.64. The number of allylic oxidation sites excluding steroid dienone is 4. The van der Waals surface area contributed by atoms with E-state index in [1.54, 1.807) is 16.5 Å². The summed E-state index contributed by atoms with van der Waals surface area (Å²) in [4.78, 5) is 0. The van der Waals surface area contributed by atoms with E-state index in [0.717, 1.165) is 5.66 Å². The van der Waals surface area contributed by atoms with Crippen LogP contribution in [-0.4, -0.2) is 12.3 Å². The van der Waals surface area contributed by atoms with E-state index in [1.807, 2.05) is 0 Å². The van der Waals surface area contributed by atoms with Crippen molar-refractivity contribution in [1.82, 2.24) is 0 Å². The van der Waals surface area contributed by atoms with Crippen molar-refractivity contribution in [2.45, 2.75) is 40.3 Å². The molecule has 0 aliphatic carbocycles. The third-order valence-corrected chi connectivity index (χ3v) is 6.38. The Morgan fingerprint density at radius 2 is 1.50 bits per heavy atom. The van der Waals surface area contributed by atoms with Gasteiger partial charge in [0.25, 0.3) is 0 Å². The molecular weight excluding hydrogens is 163 g/mol. The van der Waals surface area contributed by atoms with Crippen molar-refractivity contribution < 1.29 is 0 Å². The summed E-state index contributed by atoms with van der Waals surface area (Å²) in [7, 11) is 0.102. The molecule has 1 heteroatoms. The molecular formula is C11H19P. The fraction of sp³-hybridized carbons (Fsp3) is 0.636. The Hall–Kier alpha value is -0.0900. The van der Waals surface area contributed by atoms with Crippen molar-refractivity contribution in [2.24, 2.45) is 0 Å². The van der Waals surface area contributed by atoms with Gasteiger partial charge in [-0.15, -0.1) is 0 Å². The predicted molar refractivity (Wildman–Crippen MR) is 59.1 cm³/mol. The molecule has 0 N–H and O–H groups in total. The highest BCUT2D eigenvalue weighted by molar-refractivity contribution is 7.62. The van der Waals surface area contributed by atoms with Crippen LogP contribution in [0.1, 0.15) is 34.6 Å². The summed E-state index contributed by atoms with van der Waals surface area (Å²) >= 11 is 0. The molecule has 1 rings (SSSR count). The van der Waals surface area contributed by atoms with Gasteiger partial charge in [0.1, 0.15) is 0 Å². The van der Waals surface area contributed by atoms with Gasteiger partial charge >= 0.3 is 0 Å². The van der Waals surface area contributed by atoms with Crippen LogP contribution in [0.15, 0.2) is 22.0 Å². The molecule has 1 aliphatic rings. The van der Waals surface area contributed by atoms with Crippen molar-refractivity contribution in [2.75, 3.05) is 6.66 Å². The molecule has 0 amide bonds. The van der Waals surface area contributed by atoms with Crippen LogP contribution in [0.2, 0.25) is 0 Å². The van der Waals surface area contributed by atoms with Crippen LogP contribution >= 0.6 is 7.92 Å². The van der Waals surface area contributed by atoms with E-state index >= 15 is 0 Å². The maximum Gasteiger partial charge on any atom is 0.000989 e. The lowest BCUT2D eigenvalue weighted by Crippen LogP contribution is -2.10. The lowest BCUT2D eigenvalue weighted by molar-refractivity contribution is 1.04. The van der Waals surface area contributed by atoms with Gasteiger partial charge in [0, 0.05) is 5.66 Å². The Balaban J connectivity index is 3.18. The van der Waals surface area contributed by atoms with Gasteiger partial charge in [0.15, 0.2) is 0 Å². The molecule has 0 aromatic carbocycles. The van der Waals surface area contributed by atoms with E-state index < -0.39 is 0 Å². The normalized spacial score (nSPS) is 31.5. The fourth-order valence-electron chi connectivity index (χ4n) is 1.73. The van der Waals surface area contributed by atoms with E-state index in [-0.39, 0.29) is 7.92 Å². The lowest BCUT2D eigenvalue weighted by Gasteiger charge is -2.31. The van der Waals surface area contributed by atoms with Crippen LogP contribution in [0, 0.1) is 0 Å². The summed E-state index contributed by atoms with van der Waals surface area (Å²) in [5.41, 5.74) is 5.47. The van der Waals surface area contributed by atoms with Crippen LogP contribution in [0.4, 0.5) is 0 Å². The highest BCUT2D eigenvalue weighted by Gasteiger charge is 2.23. The zero-order valence-corrected chi connectivity index (χ0v) is 9.92. The van der Waals surface area contributed by atoms with E-state index in [0.29, 0.717) is 0 Å². The van der Waals surface area contributed by atoms with Crippen LogP contribution in [-0.2, 0) is 0 Å². The minimum absolute atomic E-state index is 0.102. The van der Waals surface area contributed by atoms with Gasteiger partial charge in [-0.05, 0) is 50.8 Å². The summed E-state index contributed by atoms with van der Waals surface area (Å²) < 4.78 is 0. The summed E-state index contributed by atoms with van der Waals surface area (Å²) in [6, 6.07) is 0. The van der Waals surface area contributed by atoms with Crippen LogP contribution in [0.5, 0.6) is 0 Å². The molecule has 2 unspecified atom stereocenters. The first kappa shape index (κ1) is 9.99. The van der Waals surface area contributed by atoms with Gasteiger partial charge in [0.05, 0.1) is 0 Å². The molecule has 0 saturated carbocycles. The van der Waals surface area contributed by atoms with Crippen molar-refractivity contribution >= 4 is 7.92 Å². The van der Waals surface area contributed by atoms with E-state index in [9.17, 15) is 0 Å². The Morgan fingerprint density at radius 3 is 2.00 bits per heavy atom. The zero-order chi connectivity index (χ0) is 9.46. The molecule has 68 valence electrons. The topological polar surface area (TPSA) is 0 Å². The van der Waals surface area contributed by atoms with Crippen molar-refractivity contribution in [3.8, 4) is 0 Å². The molecule has 1 heterocycles. The molecule has 0 nitrogen and oxygen atoms in total. The maximum absolute atomic E-state index is 2.40. The second-order valence-corrected chi connectivity index (χ2v) is 6.47. The van der Waals surface area contributed by atoms with Gasteiger partial charge < -0.3 is 0 Å². The van der Waals surface area contributed by atoms with Crippen LogP contribution < -0.4 is 0 Å². The Bertz CT molecular complexity index is 230. The van der Waals surface area contributed by atoms with Crippen molar-refractivity contribution in [1.29, 1.82) is 0 Å². The monoisotopic (exact) mass is 182 g/mol. The third kappa shape index (κ3) is 1.38. The Morgan fingerprint density at radius 1 is 1.00 bits per heavy atom. The van der Waals surface area contributed by atoms with Gasteiger partial charge in [-0.1, -0.05) is 20.4 Å². The molecule has 0 radical (unpaired) electrons. The molecule has 2 atom stereocenters. The third-order valence-electron chi connectivity index (χ3n) is 3.43. The largest absolute Gasteiger partial charge is 0.0759 e. The Kier molecular flexibility index (Phi) is 2.78. The smallest absolute Gasteiger partial charge is 0.000989 e. The van der Waals surface area contributed by atoms with Crippen LogP contribution in [0.25, 0.3) is 0 Å². The predicted octanol–water partition coefficient (Wildman–Crippen LogP) is 4.13. The average Bonchev–Trinajstić information content (AvgIpc) is 2.08. The standard InChI is InChI=1S/C11H19P/c1-7-8(2)10(4)12(6)11(5)9(7)3/h10H,1-6H3. The van der Waals surface area contributed by atoms with Gasteiger partial charge in [-0.2, -0.15) is 0 Å². The second-order valence-electron chi connectivity index (χ2n) is 3.81. The zero-order valence-electron chi connectivity index (χ0n) is 9.02. The first-order valence-electron chi connectivity index (χ1n) is 4.55. The summed E-state index contributed by atoms with van der Waals surface area (Å²) in [6.07, 6.45) is 0. The van der Waals surface area contributed by atoms with Crippen molar-refractivity contribution in [3.05, 3.63) is 22.0 Å². The Labute approximate surface area is 77.5 Å². The molecule has 0 aromatic rings. The molecule has 1 aliphatic heterocycles. The first-order chi connectivity index (χ1) is 5.46. The first-order valence-corrected chi connectivity index (χ1v) is 6.40. The van der Waals surface area contributed by atoms with Gasteiger partial charge in [0.2, 0.25) is 0 Å². The number of rotatable bonds is 0.